The molecule has 7 aromatic carbocycles. The Labute approximate surface area is 300 Å². The van der Waals surface area contributed by atoms with Crippen LogP contribution < -0.4 is 0 Å². The Morgan fingerprint density at radius 3 is 1.88 bits per heavy atom. The Hall–Kier alpha value is -7.22. The van der Waals surface area contributed by atoms with Crippen molar-refractivity contribution in [3.05, 3.63) is 193 Å². The summed E-state index contributed by atoms with van der Waals surface area (Å²) in [6.07, 6.45) is 0. The van der Waals surface area contributed by atoms with Crippen LogP contribution in [0.4, 0.5) is 5.69 Å². The highest BCUT2D eigenvalue weighted by Gasteiger charge is 2.22. The number of benzene rings is 7. The van der Waals surface area contributed by atoms with Crippen molar-refractivity contribution in [2.45, 2.75) is 0 Å². The van der Waals surface area contributed by atoms with E-state index in [4.69, 9.17) is 11.6 Å². The van der Waals surface area contributed by atoms with Crippen LogP contribution >= 0.6 is 0 Å². The Morgan fingerprint density at radius 2 is 1.10 bits per heavy atom. The van der Waals surface area contributed by atoms with Crippen molar-refractivity contribution in [2.75, 3.05) is 0 Å². The van der Waals surface area contributed by atoms with Crippen molar-refractivity contribution in [2.24, 2.45) is 0 Å². The molecule has 10 aromatic rings. The first-order valence-corrected chi connectivity index (χ1v) is 17.4. The smallest absolute Gasteiger partial charge is 0.189 e. The highest BCUT2D eigenvalue weighted by Crippen LogP contribution is 2.44. The lowest BCUT2D eigenvalue weighted by molar-refractivity contribution is 1.17. The lowest BCUT2D eigenvalue weighted by atomic mass is 9.99. The van der Waals surface area contributed by atoms with Crippen LogP contribution in [0.15, 0.2) is 182 Å². The molecule has 3 aromatic heterocycles. The maximum atomic E-state index is 7.71. The molecule has 0 radical (unpaired) electrons. The van der Waals surface area contributed by atoms with Gasteiger partial charge in [-0.25, -0.2) is 9.83 Å². The molecule has 10 rings (SSSR count). The second-order valence-corrected chi connectivity index (χ2v) is 13.1. The fourth-order valence-corrected chi connectivity index (χ4v) is 7.85. The zero-order chi connectivity index (χ0) is 34.6. The molecule has 0 fully saturated rings. The minimum Gasteiger partial charge on any atom is -0.310 e. The van der Waals surface area contributed by atoms with Crippen molar-refractivity contribution in [1.29, 1.82) is 0 Å². The first-order chi connectivity index (χ1) is 25.8. The molecule has 242 valence electrons. The Kier molecular flexibility index (Phi) is 6.84. The number of para-hydroxylation sites is 3. The molecule has 0 saturated carbocycles. The van der Waals surface area contributed by atoms with Crippen molar-refractivity contribution < 1.29 is 0 Å². The highest BCUT2D eigenvalue weighted by molar-refractivity contribution is 6.26. The summed E-state index contributed by atoms with van der Waals surface area (Å²) in [4.78, 5) is 9.11. The van der Waals surface area contributed by atoms with Gasteiger partial charge in [0.1, 0.15) is 0 Å². The van der Waals surface area contributed by atoms with Crippen molar-refractivity contribution in [3.8, 4) is 45.0 Å². The fraction of sp³-hybridized carbons (Fsp3) is 0. The number of hydrogen-bond donors (Lipinski definition) is 0. The van der Waals surface area contributed by atoms with E-state index < -0.39 is 0 Å². The van der Waals surface area contributed by atoms with Gasteiger partial charge in [0.2, 0.25) is 0 Å². The number of aromatic nitrogens is 3. The average molecular weight is 663 g/mol. The van der Waals surface area contributed by atoms with Crippen LogP contribution in [0.2, 0.25) is 0 Å². The molecule has 0 aliphatic rings. The topological polar surface area (TPSA) is 27.1 Å². The maximum absolute atomic E-state index is 7.71. The number of hydrogen-bond acceptors (Lipinski definition) is 1. The van der Waals surface area contributed by atoms with Crippen molar-refractivity contribution in [1.82, 2.24) is 14.1 Å². The van der Waals surface area contributed by atoms with Gasteiger partial charge >= 0.3 is 0 Å². The summed E-state index contributed by atoms with van der Waals surface area (Å²) in [6, 6.07) is 63.7. The number of fused-ring (bicyclic) bond motifs is 7. The molecular formula is C48H30N4. The molecule has 0 N–H and O–H groups in total. The van der Waals surface area contributed by atoms with Gasteiger partial charge in [-0.2, -0.15) is 0 Å². The van der Waals surface area contributed by atoms with E-state index in [-0.39, 0.29) is 0 Å². The zero-order valence-corrected chi connectivity index (χ0v) is 28.1. The molecule has 0 unspecified atom stereocenters. The van der Waals surface area contributed by atoms with Gasteiger partial charge in [-0.1, -0.05) is 133 Å². The molecular weight excluding hydrogens is 633 g/mol. The van der Waals surface area contributed by atoms with E-state index in [2.05, 4.69) is 172 Å². The van der Waals surface area contributed by atoms with Crippen LogP contribution in [-0.4, -0.2) is 14.1 Å². The lowest BCUT2D eigenvalue weighted by Crippen LogP contribution is -1.99. The first kappa shape index (κ1) is 29.7. The van der Waals surface area contributed by atoms with Crippen LogP contribution in [0.25, 0.3) is 93.5 Å². The van der Waals surface area contributed by atoms with Gasteiger partial charge in [0.05, 0.1) is 45.7 Å². The van der Waals surface area contributed by atoms with E-state index in [0.717, 1.165) is 72.5 Å². The van der Waals surface area contributed by atoms with Crippen molar-refractivity contribution >= 4 is 49.3 Å². The molecule has 0 aliphatic carbocycles. The van der Waals surface area contributed by atoms with Gasteiger partial charge in [-0.15, -0.1) is 0 Å². The third-order valence-electron chi connectivity index (χ3n) is 10.1. The summed E-state index contributed by atoms with van der Waals surface area (Å²) in [5.74, 6) is 0. The second-order valence-electron chi connectivity index (χ2n) is 13.1. The third kappa shape index (κ3) is 4.65. The molecule has 0 saturated heterocycles. The van der Waals surface area contributed by atoms with E-state index in [9.17, 15) is 0 Å². The molecule has 0 amide bonds. The minimum atomic E-state index is 0.618. The third-order valence-corrected chi connectivity index (χ3v) is 10.1. The Bertz CT molecular complexity index is 2960. The summed E-state index contributed by atoms with van der Waals surface area (Å²) < 4.78 is 4.73. The zero-order valence-electron chi connectivity index (χ0n) is 28.1. The SMILES string of the molecule is [C-]#[N+]c1cccc(-n2c3ccccc3c3c2ccc2c4ccccc4n(-c4ccccc4-c4cc(-c5ccccc5)cc(-c5ccccc5)n4)c23)c1. The second kappa shape index (κ2) is 12.0. The predicted molar refractivity (Wildman–Crippen MR) is 215 cm³/mol. The Balaban J connectivity index is 1.31. The highest BCUT2D eigenvalue weighted by atomic mass is 15.0. The van der Waals surface area contributed by atoms with Gasteiger partial charge in [0.15, 0.2) is 5.69 Å². The molecule has 4 nitrogen and oxygen atoms in total. The van der Waals surface area contributed by atoms with E-state index >= 15 is 0 Å². The van der Waals surface area contributed by atoms with E-state index in [1.807, 2.05) is 24.3 Å². The largest absolute Gasteiger partial charge is 0.310 e. The molecule has 3 heterocycles. The molecule has 52 heavy (non-hydrogen) atoms. The van der Waals surface area contributed by atoms with Crippen molar-refractivity contribution in [3.63, 3.8) is 0 Å². The summed E-state index contributed by atoms with van der Waals surface area (Å²) >= 11 is 0. The molecule has 0 atom stereocenters. The number of rotatable bonds is 5. The van der Waals surface area contributed by atoms with E-state index in [0.29, 0.717) is 5.69 Å². The molecule has 0 spiro atoms. The maximum Gasteiger partial charge on any atom is 0.189 e. The lowest BCUT2D eigenvalue weighted by Gasteiger charge is -2.16. The minimum absolute atomic E-state index is 0.618. The Morgan fingerprint density at radius 1 is 0.442 bits per heavy atom. The standard InChI is InChI=1S/C48H30N4/c1-49-35-19-14-20-36(31-35)51-45-26-13-10-23-40(45)47-46(51)28-27-38-37-21-8-11-24-43(37)52(48(38)47)44-25-12-9-22-39(44)42-30-34(32-15-4-2-5-16-32)29-41(50-42)33-17-6-3-7-18-33/h2-31H. The van der Waals surface area contributed by atoms with Gasteiger partial charge in [0, 0.05) is 38.4 Å². The predicted octanol–water partition coefficient (Wildman–Crippen LogP) is 12.8. The molecule has 4 heteroatoms. The van der Waals surface area contributed by atoms with E-state index in [1.54, 1.807) is 0 Å². The molecule has 0 aliphatic heterocycles. The van der Waals surface area contributed by atoms with Crippen LogP contribution in [0.1, 0.15) is 0 Å². The average Bonchev–Trinajstić information content (AvgIpc) is 3.74. The monoisotopic (exact) mass is 662 g/mol. The van der Waals surface area contributed by atoms with Gasteiger partial charge in [0.25, 0.3) is 0 Å². The fourth-order valence-electron chi connectivity index (χ4n) is 7.85. The number of nitrogens with zero attached hydrogens (tertiary/aromatic N) is 4. The quantitative estimate of drug-likeness (QED) is 0.169. The van der Waals surface area contributed by atoms with Gasteiger partial charge in [-0.05, 0) is 59.7 Å². The van der Waals surface area contributed by atoms with Gasteiger partial charge < -0.3 is 9.13 Å². The van der Waals surface area contributed by atoms with Crippen LogP contribution in [0, 0.1) is 6.57 Å². The first-order valence-electron chi connectivity index (χ1n) is 17.4. The van der Waals surface area contributed by atoms with E-state index in [1.165, 1.54) is 16.2 Å². The van der Waals surface area contributed by atoms with Crippen LogP contribution in [0.3, 0.4) is 0 Å². The number of pyridine rings is 1. The summed E-state index contributed by atoms with van der Waals surface area (Å²) in [5.41, 5.74) is 13.3. The molecule has 0 bridgehead atoms. The summed E-state index contributed by atoms with van der Waals surface area (Å²) in [6.45, 7) is 7.71. The summed E-state index contributed by atoms with van der Waals surface area (Å²) in [5, 5.41) is 4.71. The van der Waals surface area contributed by atoms with Crippen LogP contribution in [-0.2, 0) is 0 Å². The van der Waals surface area contributed by atoms with Crippen LogP contribution in [0.5, 0.6) is 0 Å². The normalized spacial score (nSPS) is 11.4. The summed E-state index contributed by atoms with van der Waals surface area (Å²) in [7, 11) is 0. The van der Waals surface area contributed by atoms with Gasteiger partial charge in [-0.3, -0.25) is 0 Å².